The molecule has 0 bridgehead atoms. The molecule has 0 unspecified atom stereocenters. The van der Waals surface area contributed by atoms with Crippen molar-refractivity contribution in [1.82, 2.24) is 29.0 Å². The van der Waals surface area contributed by atoms with E-state index in [1.54, 1.807) is 24.3 Å². The highest BCUT2D eigenvalue weighted by atomic mass is 32.2. The molecule has 0 radical (unpaired) electrons. The minimum absolute atomic E-state index is 0.115. The van der Waals surface area contributed by atoms with E-state index in [9.17, 15) is 18.6 Å². The Morgan fingerprint density at radius 3 is 2.62 bits per heavy atom. The molecule has 15 heteroatoms. The zero-order chi connectivity index (χ0) is 24.1. The highest BCUT2D eigenvalue weighted by molar-refractivity contribution is 7.87. The topological polar surface area (TPSA) is 213 Å². The summed E-state index contributed by atoms with van der Waals surface area (Å²) in [6, 6.07) is 6.93. The fraction of sp³-hybridized carbons (Fsp3) is 0.421. The molecular formula is C19H24N8O6S. The Balaban J connectivity index is 1.29. The Hall–Kier alpha value is -2.92. The smallest absolute Gasteiger partial charge is 0.277 e. The van der Waals surface area contributed by atoms with Crippen LogP contribution in [-0.2, 0) is 25.2 Å². The standard InChI is InChI=1S/C19H24N8O6S/c20-11-4-2-1-3-10(11)19(6-32-7-19)26-34(30,31)25-5-12-14(28)15(29)18(33-12)27-9-24-13-16(21)22-8-23-17(13)27/h1-4,8-9,12,14-15,18,25-26,28-29H,5-7,20H2,(H2,21,22,23)/t12-,14-,15-,18-/m1/s1. The summed E-state index contributed by atoms with van der Waals surface area (Å²) in [5.74, 6) is 0.153. The maximum Gasteiger partial charge on any atom is 0.277 e. The van der Waals surface area contributed by atoms with Crippen LogP contribution in [0.1, 0.15) is 11.8 Å². The monoisotopic (exact) mass is 492 g/mol. The van der Waals surface area contributed by atoms with Gasteiger partial charge in [-0.3, -0.25) is 4.57 Å². The van der Waals surface area contributed by atoms with Crippen LogP contribution < -0.4 is 20.9 Å². The minimum Gasteiger partial charge on any atom is -0.398 e. The van der Waals surface area contributed by atoms with Crippen LogP contribution in [0.3, 0.4) is 0 Å². The lowest BCUT2D eigenvalue weighted by molar-refractivity contribution is -0.0663. The summed E-state index contributed by atoms with van der Waals surface area (Å²) in [7, 11) is -4.07. The number of hydrogen-bond acceptors (Lipinski definition) is 11. The number of para-hydroxylation sites is 1. The predicted octanol–water partition coefficient (Wildman–Crippen LogP) is -2.04. The van der Waals surface area contributed by atoms with Gasteiger partial charge in [-0.15, -0.1) is 0 Å². The molecule has 14 nitrogen and oxygen atoms in total. The number of hydrogen-bond donors (Lipinski definition) is 6. The number of aromatic nitrogens is 4. The predicted molar refractivity (Wildman–Crippen MR) is 119 cm³/mol. The van der Waals surface area contributed by atoms with E-state index in [4.69, 9.17) is 20.9 Å². The molecule has 0 saturated carbocycles. The lowest BCUT2D eigenvalue weighted by atomic mass is 9.88. The molecule has 0 spiro atoms. The van der Waals surface area contributed by atoms with Gasteiger partial charge in [0.05, 0.1) is 19.5 Å². The summed E-state index contributed by atoms with van der Waals surface area (Å²) in [6.07, 6.45) is -2.27. The number of nitrogens with two attached hydrogens (primary N) is 2. The van der Waals surface area contributed by atoms with Crippen LogP contribution in [-0.4, -0.2) is 76.2 Å². The minimum atomic E-state index is -4.07. The van der Waals surface area contributed by atoms with Crippen molar-refractivity contribution in [2.24, 2.45) is 0 Å². The van der Waals surface area contributed by atoms with Crippen molar-refractivity contribution in [3.63, 3.8) is 0 Å². The number of benzene rings is 1. The number of aliphatic hydroxyl groups is 2. The third kappa shape index (κ3) is 3.86. The van der Waals surface area contributed by atoms with E-state index in [1.807, 2.05) is 0 Å². The second kappa shape index (κ2) is 8.38. The largest absolute Gasteiger partial charge is 0.398 e. The molecule has 5 rings (SSSR count). The number of imidazole rings is 1. The van der Waals surface area contributed by atoms with Gasteiger partial charge in [-0.25, -0.2) is 15.0 Å². The molecule has 1 aromatic carbocycles. The van der Waals surface area contributed by atoms with Gasteiger partial charge in [-0.1, -0.05) is 18.2 Å². The Kier molecular flexibility index (Phi) is 5.64. The molecule has 2 aliphatic rings. The lowest BCUT2D eigenvalue weighted by Crippen LogP contribution is -2.62. The SMILES string of the molecule is Nc1ccccc1C1(NS(=O)(=O)NC[C@H]2O[C@@H](n3cnc4c(N)ncnc43)[C@H](O)[C@@H]2O)COC1. The first kappa shape index (κ1) is 22.9. The third-order valence-corrected chi connectivity index (χ3v) is 7.18. The van der Waals surface area contributed by atoms with Gasteiger partial charge in [0, 0.05) is 17.8 Å². The van der Waals surface area contributed by atoms with E-state index in [0.29, 0.717) is 22.4 Å². The van der Waals surface area contributed by atoms with Gasteiger partial charge in [-0.2, -0.15) is 17.9 Å². The number of aliphatic hydroxyl groups excluding tert-OH is 2. The van der Waals surface area contributed by atoms with Crippen molar-refractivity contribution in [3.8, 4) is 0 Å². The molecule has 2 aromatic heterocycles. The molecule has 2 aliphatic heterocycles. The van der Waals surface area contributed by atoms with Crippen LogP contribution in [0.5, 0.6) is 0 Å². The quantitative estimate of drug-likeness (QED) is 0.198. The first-order valence-corrected chi connectivity index (χ1v) is 11.8. The molecule has 8 N–H and O–H groups in total. The van der Waals surface area contributed by atoms with Gasteiger partial charge >= 0.3 is 0 Å². The van der Waals surface area contributed by atoms with E-state index in [-0.39, 0.29) is 25.6 Å². The van der Waals surface area contributed by atoms with Crippen molar-refractivity contribution in [1.29, 1.82) is 0 Å². The first-order valence-electron chi connectivity index (χ1n) is 10.4. The zero-order valence-electron chi connectivity index (χ0n) is 17.8. The van der Waals surface area contributed by atoms with E-state index in [1.165, 1.54) is 17.2 Å². The third-order valence-electron chi connectivity index (χ3n) is 5.98. The molecule has 4 atom stereocenters. The van der Waals surface area contributed by atoms with Gasteiger partial charge in [0.15, 0.2) is 17.7 Å². The molecule has 34 heavy (non-hydrogen) atoms. The lowest BCUT2D eigenvalue weighted by Gasteiger charge is -2.42. The fourth-order valence-electron chi connectivity index (χ4n) is 4.18. The summed E-state index contributed by atoms with van der Waals surface area (Å²) >= 11 is 0. The van der Waals surface area contributed by atoms with Gasteiger partial charge < -0.3 is 31.2 Å². The summed E-state index contributed by atoms with van der Waals surface area (Å²) < 4.78 is 43.1. The van der Waals surface area contributed by atoms with Gasteiger partial charge in [0.2, 0.25) is 0 Å². The van der Waals surface area contributed by atoms with Crippen LogP contribution in [0.15, 0.2) is 36.9 Å². The van der Waals surface area contributed by atoms with Crippen LogP contribution in [0, 0.1) is 0 Å². The number of rotatable bonds is 7. The maximum absolute atomic E-state index is 12.8. The van der Waals surface area contributed by atoms with Crippen LogP contribution in [0.4, 0.5) is 11.5 Å². The molecule has 3 aromatic rings. The van der Waals surface area contributed by atoms with Crippen molar-refractivity contribution in [3.05, 3.63) is 42.5 Å². The first-order chi connectivity index (χ1) is 16.2. The second-order valence-corrected chi connectivity index (χ2v) is 9.75. The van der Waals surface area contributed by atoms with E-state index >= 15 is 0 Å². The molecule has 2 fully saturated rings. The number of nitrogens with zero attached hydrogens (tertiary/aromatic N) is 4. The van der Waals surface area contributed by atoms with Gasteiger partial charge in [0.25, 0.3) is 10.2 Å². The molecule has 4 heterocycles. The van der Waals surface area contributed by atoms with Crippen LogP contribution in [0.25, 0.3) is 11.2 Å². The summed E-state index contributed by atoms with van der Waals surface area (Å²) in [6.45, 7) is -0.0800. The second-order valence-electron chi connectivity index (χ2n) is 8.25. The molecule has 0 aliphatic carbocycles. The molecule has 2 saturated heterocycles. The molecule has 182 valence electrons. The Morgan fingerprint density at radius 1 is 1.15 bits per heavy atom. The molecular weight excluding hydrogens is 468 g/mol. The van der Waals surface area contributed by atoms with E-state index in [2.05, 4.69) is 24.4 Å². The number of anilines is 2. The van der Waals surface area contributed by atoms with Gasteiger partial charge in [0.1, 0.15) is 35.7 Å². The van der Waals surface area contributed by atoms with Crippen LogP contribution in [0.2, 0.25) is 0 Å². The van der Waals surface area contributed by atoms with Crippen molar-refractivity contribution < 1.29 is 28.1 Å². The summed E-state index contributed by atoms with van der Waals surface area (Å²) in [5, 5.41) is 21.0. The Labute approximate surface area is 194 Å². The number of fused-ring (bicyclic) bond motifs is 1. The summed E-state index contributed by atoms with van der Waals surface area (Å²) in [5.41, 5.74) is 12.5. The zero-order valence-corrected chi connectivity index (χ0v) is 18.6. The van der Waals surface area contributed by atoms with Crippen molar-refractivity contribution in [2.75, 3.05) is 31.2 Å². The average Bonchev–Trinajstić information content (AvgIpc) is 3.32. The number of nitrogen functional groups attached to an aromatic ring is 2. The summed E-state index contributed by atoms with van der Waals surface area (Å²) in [4.78, 5) is 12.1. The highest BCUT2D eigenvalue weighted by Gasteiger charge is 2.47. The van der Waals surface area contributed by atoms with Crippen molar-refractivity contribution in [2.45, 2.75) is 30.1 Å². The Morgan fingerprint density at radius 2 is 1.91 bits per heavy atom. The van der Waals surface area contributed by atoms with E-state index < -0.39 is 40.3 Å². The van der Waals surface area contributed by atoms with Crippen LogP contribution >= 0.6 is 0 Å². The number of nitrogens with one attached hydrogen (secondary N) is 2. The fourth-order valence-corrected chi connectivity index (χ4v) is 5.38. The average molecular weight is 493 g/mol. The maximum atomic E-state index is 12.8. The van der Waals surface area contributed by atoms with Crippen molar-refractivity contribution >= 4 is 32.9 Å². The normalized spacial score (nSPS) is 26.5. The Bertz CT molecular complexity index is 1310. The highest BCUT2D eigenvalue weighted by Crippen LogP contribution is 2.34. The molecule has 0 amide bonds. The number of ether oxygens (including phenoxy) is 2. The van der Waals surface area contributed by atoms with E-state index in [0.717, 1.165) is 0 Å². The van der Waals surface area contributed by atoms with Gasteiger partial charge in [-0.05, 0) is 6.07 Å².